The van der Waals surface area contributed by atoms with Crippen LogP contribution in [-0.4, -0.2) is 17.9 Å². The van der Waals surface area contributed by atoms with Crippen LogP contribution in [-0.2, 0) is 25.2 Å². The summed E-state index contributed by atoms with van der Waals surface area (Å²) in [5.74, 6) is -1.62. The molecule has 8 heteroatoms. The van der Waals surface area contributed by atoms with Crippen LogP contribution >= 0.6 is 0 Å². The second-order valence-electron chi connectivity index (χ2n) is 11.5. The summed E-state index contributed by atoms with van der Waals surface area (Å²) in [5, 5.41) is -0.880. The first kappa shape index (κ1) is 30.1. The largest absolute Gasteiger partial charge is 0.290 e. The number of hydrogen-bond donors (Lipinski definition) is 0. The van der Waals surface area contributed by atoms with Crippen molar-refractivity contribution in [3.8, 4) is 0 Å². The van der Waals surface area contributed by atoms with Crippen LogP contribution in [0.3, 0.4) is 0 Å². The molecular formula is C32H37F2NO3S2. The van der Waals surface area contributed by atoms with E-state index in [1.54, 1.807) is 30.3 Å². The van der Waals surface area contributed by atoms with Crippen LogP contribution in [0.2, 0.25) is 0 Å². The lowest BCUT2D eigenvalue weighted by atomic mass is 9.89. The summed E-state index contributed by atoms with van der Waals surface area (Å²) in [6, 6.07) is 15.3. The van der Waals surface area contributed by atoms with Gasteiger partial charge in [-0.1, -0.05) is 84.0 Å². The maximum absolute atomic E-state index is 15.0. The van der Waals surface area contributed by atoms with Gasteiger partial charge in [0.25, 0.3) is 10.0 Å². The molecule has 1 fully saturated rings. The van der Waals surface area contributed by atoms with Gasteiger partial charge in [-0.05, 0) is 64.6 Å². The molecule has 1 unspecified atom stereocenters. The Morgan fingerprint density at radius 1 is 0.875 bits per heavy atom. The van der Waals surface area contributed by atoms with Gasteiger partial charge in [-0.15, -0.1) is 10.3 Å². The van der Waals surface area contributed by atoms with Gasteiger partial charge in [0.1, 0.15) is 11.6 Å². The Bertz CT molecular complexity index is 1640. The lowest BCUT2D eigenvalue weighted by Crippen LogP contribution is -2.21. The highest BCUT2D eigenvalue weighted by Crippen LogP contribution is 2.57. The molecule has 0 radical (unpaired) electrons. The van der Waals surface area contributed by atoms with E-state index in [0.717, 1.165) is 17.7 Å². The fourth-order valence-corrected chi connectivity index (χ4v) is 10.9. The summed E-state index contributed by atoms with van der Waals surface area (Å²) in [6.07, 6.45) is 1.64. The Morgan fingerprint density at radius 3 is 1.93 bits per heavy atom. The molecule has 0 spiro atoms. The number of sulfonamides is 1. The highest BCUT2D eigenvalue weighted by molar-refractivity contribution is 8.04. The zero-order valence-corrected chi connectivity index (χ0v) is 25.5. The van der Waals surface area contributed by atoms with E-state index in [1.807, 2.05) is 39.8 Å². The van der Waals surface area contributed by atoms with Gasteiger partial charge in [-0.3, -0.25) is 0 Å². The third-order valence-electron chi connectivity index (χ3n) is 7.75. The van der Waals surface area contributed by atoms with Gasteiger partial charge < -0.3 is 0 Å². The molecule has 0 amide bonds. The molecule has 0 bridgehead atoms. The lowest BCUT2D eigenvalue weighted by Gasteiger charge is -2.22. The Morgan fingerprint density at radius 2 is 1.45 bits per heavy atom. The summed E-state index contributed by atoms with van der Waals surface area (Å²) in [5.41, 5.74) is 1.24. The van der Waals surface area contributed by atoms with E-state index in [2.05, 4.69) is 24.2 Å². The molecule has 3 aromatic carbocycles. The normalized spacial score (nSPS) is 20.5. The van der Waals surface area contributed by atoms with Crippen LogP contribution in [0, 0.1) is 11.6 Å². The molecule has 1 aliphatic carbocycles. The average Bonchev–Trinajstić information content (AvgIpc) is 3.64. The SMILES string of the molecule is C=C[C@@]1(c2ccc(F)cc2F)C[C@H]1S(=O)(=NS(=O)(=O)c1c(C(C)C)cc(C(C)C)cc1C(C)C)c1ccccc1. The van der Waals surface area contributed by atoms with Gasteiger partial charge in [-0.2, -0.15) is 8.42 Å². The van der Waals surface area contributed by atoms with E-state index in [4.69, 9.17) is 0 Å². The van der Waals surface area contributed by atoms with Crippen molar-refractivity contribution in [1.29, 1.82) is 0 Å². The second-order valence-corrected chi connectivity index (χ2v) is 15.6. The van der Waals surface area contributed by atoms with Crippen molar-refractivity contribution in [2.75, 3.05) is 0 Å². The smallest absolute Gasteiger partial charge is 0.243 e. The molecule has 1 aliphatic rings. The Kier molecular flexibility index (Phi) is 8.18. The standard InChI is InChI=1S/C32H37F2NO3S2/c1-8-32(28-15-14-24(33)18-29(28)34)19-30(32)39(36,25-12-10-9-11-13-25)35-40(37,38)31-26(21(4)5)16-23(20(2)3)17-27(31)22(6)7/h8-18,20-22,30H,1,19H2,2-7H3/t30-,32+,39?/m1/s1. The molecule has 1 saturated carbocycles. The Balaban J connectivity index is 2.02. The molecule has 4 rings (SSSR count). The first-order chi connectivity index (χ1) is 18.7. The molecule has 0 aliphatic heterocycles. The van der Waals surface area contributed by atoms with Crippen molar-refractivity contribution in [3.63, 3.8) is 0 Å². The third-order valence-corrected chi connectivity index (χ3v) is 12.7. The van der Waals surface area contributed by atoms with Crippen molar-refractivity contribution in [2.24, 2.45) is 3.77 Å². The minimum absolute atomic E-state index is 0.0865. The van der Waals surface area contributed by atoms with E-state index < -0.39 is 42.1 Å². The zero-order valence-electron chi connectivity index (χ0n) is 23.8. The monoisotopic (exact) mass is 585 g/mol. The molecule has 3 atom stereocenters. The highest BCUT2D eigenvalue weighted by Gasteiger charge is 2.61. The Labute approximate surface area is 237 Å². The van der Waals surface area contributed by atoms with Gasteiger partial charge in [0, 0.05) is 16.4 Å². The fourth-order valence-electron chi connectivity index (χ4n) is 5.37. The zero-order chi connectivity index (χ0) is 29.6. The van der Waals surface area contributed by atoms with Gasteiger partial charge in [0.05, 0.1) is 19.9 Å². The first-order valence-electron chi connectivity index (χ1n) is 13.5. The molecule has 40 heavy (non-hydrogen) atoms. The second kappa shape index (κ2) is 10.9. The van der Waals surface area contributed by atoms with E-state index in [1.165, 1.54) is 12.1 Å². The summed E-state index contributed by atoms with van der Waals surface area (Å²) in [7, 11) is -8.14. The number of hydrogen-bond acceptors (Lipinski definition) is 3. The number of rotatable bonds is 9. The topological polar surface area (TPSA) is 63.6 Å². The van der Waals surface area contributed by atoms with Crippen LogP contribution < -0.4 is 0 Å². The summed E-state index contributed by atoms with van der Waals surface area (Å²) in [6.45, 7) is 15.7. The van der Waals surface area contributed by atoms with Gasteiger partial charge in [-0.25, -0.2) is 13.0 Å². The van der Waals surface area contributed by atoms with Crippen LogP contribution in [0.25, 0.3) is 0 Å². The third kappa shape index (κ3) is 5.28. The quantitative estimate of drug-likeness (QED) is 0.237. The molecule has 0 N–H and O–H groups in total. The van der Waals surface area contributed by atoms with Crippen LogP contribution in [0.4, 0.5) is 8.78 Å². The number of halogens is 2. The summed E-state index contributed by atoms with van der Waals surface area (Å²) >= 11 is 0. The van der Waals surface area contributed by atoms with Crippen molar-refractivity contribution < 1.29 is 21.4 Å². The minimum Gasteiger partial charge on any atom is -0.243 e. The minimum atomic E-state index is -4.46. The molecule has 4 nitrogen and oxygen atoms in total. The van der Waals surface area contributed by atoms with Crippen LogP contribution in [0.1, 0.15) is 88.0 Å². The van der Waals surface area contributed by atoms with Gasteiger partial charge in [0.15, 0.2) is 0 Å². The molecule has 214 valence electrons. The summed E-state index contributed by atoms with van der Waals surface area (Å²) < 4.78 is 76.7. The van der Waals surface area contributed by atoms with Crippen LogP contribution in [0.5, 0.6) is 0 Å². The summed E-state index contributed by atoms with van der Waals surface area (Å²) in [4.78, 5) is 0.328. The molecule has 3 aromatic rings. The van der Waals surface area contributed by atoms with E-state index in [0.29, 0.717) is 11.1 Å². The van der Waals surface area contributed by atoms with Gasteiger partial charge >= 0.3 is 0 Å². The maximum Gasteiger partial charge on any atom is 0.290 e. The molecular weight excluding hydrogens is 548 g/mol. The van der Waals surface area contributed by atoms with Crippen molar-refractivity contribution in [3.05, 3.63) is 107 Å². The predicted octanol–water partition coefficient (Wildman–Crippen LogP) is 8.45. The average molecular weight is 586 g/mol. The van der Waals surface area contributed by atoms with Crippen molar-refractivity contribution in [1.82, 2.24) is 0 Å². The van der Waals surface area contributed by atoms with E-state index in [9.17, 15) is 17.2 Å². The van der Waals surface area contributed by atoms with E-state index in [-0.39, 0.29) is 39.5 Å². The Hall–Kier alpha value is -2.84. The van der Waals surface area contributed by atoms with Crippen LogP contribution in [0.15, 0.2) is 86.9 Å². The lowest BCUT2D eigenvalue weighted by molar-refractivity contribution is 0.564. The van der Waals surface area contributed by atoms with Crippen molar-refractivity contribution >= 4 is 19.8 Å². The predicted molar refractivity (Wildman–Crippen MR) is 158 cm³/mol. The highest BCUT2D eigenvalue weighted by atomic mass is 32.3. The first-order valence-corrected chi connectivity index (χ1v) is 16.5. The maximum atomic E-state index is 15.0. The van der Waals surface area contributed by atoms with E-state index >= 15 is 4.21 Å². The van der Waals surface area contributed by atoms with Crippen molar-refractivity contribution in [2.45, 2.75) is 86.2 Å². The number of nitrogens with zero attached hydrogens (tertiary/aromatic N) is 1. The number of allylic oxidation sites excluding steroid dienone is 1. The molecule has 0 heterocycles. The molecule has 0 aromatic heterocycles. The fraction of sp³-hybridized carbons (Fsp3) is 0.375. The molecule has 0 saturated heterocycles. The number of benzene rings is 3. The van der Waals surface area contributed by atoms with Gasteiger partial charge in [0.2, 0.25) is 0 Å².